The minimum atomic E-state index is -0.810. The van der Waals surface area contributed by atoms with Crippen LogP contribution in [0.3, 0.4) is 0 Å². The third-order valence-electron chi connectivity index (χ3n) is 10.2. The van der Waals surface area contributed by atoms with Crippen LogP contribution in [-0.2, 0) is 16.2 Å². The van der Waals surface area contributed by atoms with Gasteiger partial charge in [0, 0.05) is 11.1 Å². The first-order valence-corrected chi connectivity index (χ1v) is 18.0. The van der Waals surface area contributed by atoms with Gasteiger partial charge in [-0.2, -0.15) is 8.75 Å². The lowest BCUT2D eigenvalue weighted by atomic mass is 9.67. The van der Waals surface area contributed by atoms with Crippen molar-refractivity contribution in [3.8, 4) is 45.1 Å². The monoisotopic (exact) mass is 688 g/mol. The van der Waals surface area contributed by atoms with Crippen molar-refractivity contribution in [1.29, 1.82) is 0 Å². The van der Waals surface area contributed by atoms with Crippen LogP contribution >= 0.6 is 11.7 Å². The number of phenols is 1. The number of rotatable bonds is 5. The molecule has 0 aliphatic heterocycles. The highest BCUT2D eigenvalue weighted by atomic mass is 32.1. The van der Waals surface area contributed by atoms with Crippen LogP contribution in [0.25, 0.3) is 44.7 Å². The largest absolute Gasteiger partial charge is 0.507 e. The second-order valence-corrected chi connectivity index (χ2v) is 15.9. The second kappa shape index (κ2) is 11.8. The Bertz CT molecular complexity index is 2410. The zero-order chi connectivity index (χ0) is 35.7. The van der Waals surface area contributed by atoms with E-state index in [9.17, 15) is 5.11 Å². The van der Waals surface area contributed by atoms with Crippen molar-refractivity contribution in [1.82, 2.24) is 18.7 Å². The summed E-state index contributed by atoms with van der Waals surface area (Å²) in [6.45, 7) is 13.6. The van der Waals surface area contributed by atoms with Crippen LogP contribution in [0.15, 0.2) is 109 Å². The molecule has 0 saturated heterocycles. The van der Waals surface area contributed by atoms with E-state index in [1.54, 1.807) is 19.4 Å². The molecule has 0 bridgehead atoms. The summed E-state index contributed by atoms with van der Waals surface area (Å²) < 4.78 is 14.8. The summed E-state index contributed by atoms with van der Waals surface area (Å²) in [5, 5.41) is 11.0. The average Bonchev–Trinajstić information content (AvgIpc) is 3.72. The maximum Gasteiger partial charge on any atom is 0.166 e. The van der Waals surface area contributed by atoms with E-state index in [1.807, 2.05) is 24.3 Å². The van der Waals surface area contributed by atoms with Crippen molar-refractivity contribution in [3.63, 3.8) is 0 Å². The first-order chi connectivity index (χ1) is 24.4. The predicted molar refractivity (Wildman–Crippen MR) is 207 cm³/mol. The van der Waals surface area contributed by atoms with Gasteiger partial charge in [0.2, 0.25) is 0 Å². The molecule has 1 N–H and O–H groups in total. The van der Waals surface area contributed by atoms with Crippen LogP contribution in [0.2, 0.25) is 0 Å². The molecule has 3 heterocycles. The molecular weight excluding hydrogens is 649 g/mol. The number of para-hydroxylation sites is 1. The van der Waals surface area contributed by atoms with Crippen molar-refractivity contribution in [2.24, 2.45) is 0 Å². The summed E-state index contributed by atoms with van der Waals surface area (Å²) in [6.07, 6.45) is 1.73. The summed E-state index contributed by atoms with van der Waals surface area (Å²) in [4.78, 5) is 10.3. The van der Waals surface area contributed by atoms with Gasteiger partial charge in [0.25, 0.3) is 0 Å². The van der Waals surface area contributed by atoms with E-state index in [0.717, 1.165) is 34.2 Å². The van der Waals surface area contributed by atoms with Gasteiger partial charge in [0.15, 0.2) is 11.3 Å². The van der Waals surface area contributed by atoms with Gasteiger partial charge < -0.3 is 9.84 Å². The minimum Gasteiger partial charge on any atom is -0.507 e. The number of aromatic hydroxyl groups is 1. The Morgan fingerprint density at radius 2 is 1.31 bits per heavy atom. The maximum absolute atomic E-state index is 11.0. The number of pyridine rings is 2. The fourth-order valence-electron chi connectivity index (χ4n) is 7.49. The Hall–Kier alpha value is -5.40. The van der Waals surface area contributed by atoms with Crippen LogP contribution in [0.4, 0.5) is 0 Å². The van der Waals surface area contributed by atoms with Crippen LogP contribution in [-0.4, -0.2) is 30.9 Å². The summed E-state index contributed by atoms with van der Waals surface area (Å²) >= 11 is 1.16. The summed E-state index contributed by atoms with van der Waals surface area (Å²) in [6, 6.07) is 36.1. The number of methoxy groups -OCH3 is 1. The van der Waals surface area contributed by atoms with Crippen molar-refractivity contribution in [2.75, 3.05) is 7.11 Å². The van der Waals surface area contributed by atoms with E-state index in [4.69, 9.17) is 14.7 Å². The molecule has 6 nitrogen and oxygen atoms in total. The second-order valence-electron chi connectivity index (χ2n) is 15.4. The lowest BCUT2D eigenvalue weighted by Crippen LogP contribution is -2.31. The Morgan fingerprint density at radius 1 is 0.667 bits per heavy atom. The molecule has 1 aliphatic rings. The lowest BCUT2D eigenvalue weighted by molar-refractivity contribution is 0.417. The minimum absolute atomic E-state index is 0.0880. The normalized spacial score (nSPS) is 13.6. The standard InChI is InChI=1S/C44H40N4O2S/c1-42(2,3)27-18-20-30-31-21-19-28(43(4,5)6)24-34(31)44(33(30)23-27,38-17-11-15-35(46-38)32-14-8-9-16-36(32)49)29-13-10-12-26(22-29)39-41-40(47-51-48-41)37(50-7)25-45-39/h8-25,49H,1-7H3. The number of nitrogens with zero attached hydrogens (tertiary/aromatic N) is 4. The summed E-state index contributed by atoms with van der Waals surface area (Å²) in [5.41, 5.74) is 12.7. The molecule has 7 heteroatoms. The highest BCUT2D eigenvalue weighted by molar-refractivity contribution is 7.00. The van der Waals surface area contributed by atoms with Gasteiger partial charge in [-0.1, -0.05) is 114 Å². The van der Waals surface area contributed by atoms with Crippen molar-refractivity contribution >= 4 is 22.8 Å². The zero-order valence-corrected chi connectivity index (χ0v) is 30.8. The number of aromatic nitrogens is 4. The molecule has 0 fully saturated rings. The Morgan fingerprint density at radius 3 is 1.96 bits per heavy atom. The first kappa shape index (κ1) is 32.8. The van der Waals surface area contributed by atoms with E-state index >= 15 is 0 Å². The highest BCUT2D eigenvalue weighted by Crippen LogP contribution is 2.57. The van der Waals surface area contributed by atoms with E-state index < -0.39 is 5.41 Å². The van der Waals surface area contributed by atoms with E-state index in [2.05, 4.69) is 123 Å². The third kappa shape index (κ3) is 5.21. The maximum atomic E-state index is 11.0. The third-order valence-corrected chi connectivity index (χ3v) is 10.8. The van der Waals surface area contributed by atoms with E-state index in [-0.39, 0.29) is 16.6 Å². The van der Waals surface area contributed by atoms with Gasteiger partial charge in [-0.3, -0.25) is 4.98 Å². The molecule has 0 radical (unpaired) electrons. The molecule has 0 atom stereocenters. The number of hydrogen-bond donors (Lipinski definition) is 1. The first-order valence-electron chi connectivity index (χ1n) is 17.2. The molecule has 3 aromatic heterocycles. The van der Waals surface area contributed by atoms with Gasteiger partial charge in [0.05, 0.1) is 47.5 Å². The van der Waals surface area contributed by atoms with Crippen molar-refractivity contribution < 1.29 is 9.84 Å². The van der Waals surface area contributed by atoms with Crippen molar-refractivity contribution in [2.45, 2.75) is 57.8 Å². The molecule has 0 unspecified atom stereocenters. The van der Waals surface area contributed by atoms with Crippen LogP contribution in [0, 0.1) is 0 Å². The topological polar surface area (TPSA) is 81.0 Å². The van der Waals surface area contributed by atoms with Gasteiger partial charge in [0.1, 0.15) is 11.3 Å². The van der Waals surface area contributed by atoms with E-state index in [0.29, 0.717) is 28.0 Å². The fourth-order valence-corrected chi connectivity index (χ4v) is 8.04. The summed E-state index contributed by atoms with van der Waals surface area (Å²) in [7, 11) is 1.63. The molecule has 4 aromatic carbocycles. The van der Waals surface area contributed by atoms with Crippen LogP contribution in [0.1, 0.15) is 75.1 Å². The Kier molecular flexibility index (Phi) is 7.61. The molecule has 51 heavy (non-hydrogen) atoms. The molecule has 7 aromatic rings. The van der Waals surface area contributed by atoms with Gasteiger partial charge in [-0.05, 0) is 80.1 Å². The molecule has 0 saturated carbocycles. The Labute approximate surface area is 303 Å². The number of ether oxygens (including phenoxy) is 1. The number of fused-ring (bicyclic) bond motifs is 4. The molecular formula is C44H40N4O2S. The molecule has 8 rings (SSSR count). The quantitative estimate of drug-likeness (QED) is 0.194. The molecule has 254 valence electrons. The summed E-state index contributed by atoms with van der Waals surface area (Å²) in [5.74, 6) is 0.797. The number of hydrogen-bond acceptors (Lipinski definition) is 7. The number of phenolic OH excluding ortho intramolecular Hbond substituents is 1. The molecule has 0 spiro atoms. The van der Waals surface area contributed by atoms with Crippen molar-refractivity contribution in [3.05, 3.63) is 143 Å². The van der Waals surface area contributed by atoms with Gasteiger partial charge >= 0.3 is 0 Å². The van der Waals surface area contributed by atoms with E-state index in [1.165, 1.54) is 33.4 Å². The lowest BCUT2D eigenvalue weighted by Gasteiger charge is -2.35. The number of benzene rings is 4. The van der Waals surface area contributed by atoms with Crippen LogP contribution < -0.4 is 4.74 Å². The van der Waals surface area contributed by atoms with Crippen LogP contribution in [0.5, 0.6) is 11.5 Å². The predicted octanol–water partition coefficient (Wildman–Crippen LogP) is 10.5. The smallest absolute Gasteiger partial charge is 0.166 e. The van der Waals surface area contributed by atoms with Gasteiger partial charge in [-0.15, -0.1) is 0 Å². The molecule has 0 amide bonds. The zero-order valence-electron chi connectivity index (χ0n) is 29.9. The fraction of sp³-hybridized carbons (Fsp3) is 0.227. The molecule has 1 aliphatic carbocycles. The van der Waals surface area contributed by atoms with Gasteiger partial charge in [-0.25, -0.2) is 4.98 Å². The SMILES string of the molecule is COc1cnc(-c2cccc(C3(c4cccc(-c5ccccc5O)n4)c4cc(C(C)(C)C)ccc4-c4ccc(C(C)(C)C)cc43)c2)c2nsnc12. The highest BCUT2D eigenvalue weighted by Gasteiger charge is 2.48. The average molecular weight is 689 g/mol. The Balaban J connectivity index is 1.50.